The van der Waals surface area contributed by atoms with Crippen molar-refractivity contribution in [2.45, 2.75) is 27.2 Å². The molecule has 0 radical (unpaired) electrons. The van der Waals surface area contributed by atoms with Crippen LogP contribution in [0.1, 0.15) is 23.6 Å². The molecule has 0 aliphatic heterocycles. The molecule has 2 nitrogen and oxygen atoms in total. The zero-order valence-electron chi connectivity index (χ0n) is 11.1. The Morgan fingerprint density at radius 2 is 1.44 bits per heavy atom. The van der Waals surface area contributed by atoms with E-state index in [1.807, 2.05) is 44.2 Å². The number of para-hydroxylation sites is 1. The Bertz CT molecular complexity index is 483. The van der Waals surface area contributed by atoms with Gasteiger partial charge in [0.25, 0.3) is 0 Å². The van der Waals surface area contributed by atoms with Crippen molar-refractivity contribution in [3.8, 4) is 11.5 Å². The lowest BCUT2D eigenvalue weighted by molar-refractivity contribution is 0.470. The van der Waals surface area contributed by atoms with Crippen LogP contribution in [0.5, 0.6) is 11.5 Å². The van der Waals surface area contributed by atoms with E-state index in [1.165, 1.54) is 5.56 Å². The van der Waals surface area contributed by atoms with E-state index < -0.39 is 0 Å². The number of hydrogen-bond donors (Lipinski definition) is 2. The van der Waals surface area contributed by atoms with Gasteiger partial charge in [0, 0.05) is 0 Å². The summed E-state index contributed by atoms with van der Waals surface area (Å²) >= 11 is 0. The molecule has 0 saturated heterocycles. The number of benzene rings is 2. The van der Waals surface area contributed by atoms with E-state index in [0.29, 0.717) is 11.5 Å². The molecular formula is C16H20O2. The highest BCUT2D eigenvalue weighted by molar-refractivity contribution is 5.37. The highest BCUT2D eigenvalue weighted by Crippen LogP contribution is 2.19. The van der Waals surface area contributed by atoms with Gasteiger partial charge in [-0.05, 0) is 49.1 Å². The van der Waals surface area contributed by atoms with Gasteiger partial charge in [-0.25, -0.2) is 0 Å². The molecule has 0 heterocycles. The third-order valence-corrected chi connectivity index (χ3v) is 2.91. The fourth-order valence-corrected chi connectivity index (χ4v) is 1.62. The Hall–Kier alpha value is -1.96. The summed E-state index contributed by atoms with van der Waals surface area (Å²) in [6.45, 7) is 5.89. The summed E-state index contributed by atoms with van der Waals surface area (Å²) in [4.78, 5) is 0. The normalized spacial score (nSPS) is 9.50. The Labute approximate surface area is 109 Å². The van der Waals surface area contributed by atoms with Gasteiger partial charge in [-0.2, -0.15) is 0 Å². The molecule has 96 valence electrons. The van der Waals surface area contributed by atoms with E-state index in [4.69, 9.17) is 5.11 Å². The fraction of sp³-hybridized carbons (Fsp3) is 0.250. The molecule has 18 heavy (non-hydrogen) atoms. The Kier molecular flexibility index (Phi) is 5.25. The Balaban J connectivity index is 0.000000184. The second kappa shape index (κ2) is 6.70. The van der Waals surface area contributed by atoms with E-state index >= 15 is 0 Å². The highest BCUT2D eigenvalue weighted by atomic mass is 16.3. The van der Waals surface area contributed by atoms with Gasteiger partial charge in [-0.3, -0.25) is 0 Å². The van der Waals surface area contributed by atoms with Crippen LogP contribution in [-0.2, 0) is 6.42 Å². The Morgan fingerprint density at radius 3 is 1.89 bits per heavy atom. The molecule has 0 aliphatic carbocycles. The topological polar surface area (TPSA) is 40.5 Å². The summed E-state index contributed by atoms with van der Waals surface area (Å²) < 4.78 is 0. The van der Waals surface area contributed by atoms with Crippen LogP contribution in [0.2, 0.25) is 0 Å². The van der Waals surface area contributed by atoms with E-state index in [2.05, 4.69) is 6.92 Å². The summed E-state index contributed by atoms with van der Waals surface area (Å²) in [6, 6.07) is 12.9. The van der Waals surface area contributed by atoms with Crippen LogP contribution < -0.4 is 0 Å². The minimum atomic E-state index is 0.368. The molecule has 0 saturated carbocycles. The van der Waals surface area contributed by atoms with Crippen molar-refractivity contribution in [1.82, 2.24) is 0 Å². The van der Waals surface area contributed by atoms with Crippen LogP contribution in [0.3, 0.4) is 0 Å². The number of hydrogen-bond acceptors (Lipinski definition) is 2. The largest absolute Gasteiger partial charge is 0.508 e. The minimum Gasteiger partial charge on any atom is -0.508 e. The second-order valence-corrected chi connectivity index (χ2v) is 4.20. The molecule has 2 aromatic rings. The van der Waals surface area contributed by atoms with E-state index in [9.17, 15) is 5.11 Å². The zero-order valence-corrected chi connectivity index (χ0v) is 11.1. The van der Waals surface area contributed by atoms with Crippen LogP contribution in [0.25, 0.3) is 0 Å². The Morgan fingerprint density at radius 1 is 0.833 bits per heavy atom. The van der Waals surface area contributed by atoms with Crippen molar-refractivity contribution in [3.05, 3.63) is 59.2 Å². The maximum atomic E-state index is 9.23. The molecule has 0 bridgehead atoms. The summed E-state index contributed by atoms with van der Waals surface area (Å²) in [5, 5.41) is 18.2. The fourth-order valence-electron chi connectivity index (χ4n) is 1.62. The van der Waals surface area contributed by atoms with Crippen molar-refractivity contribution in [2.24, 2.45) is 0 Å². The molecule has 2 aromatic carbocycles. The smallest absolute Gasteiger partial charge is 0.118 e. The van der Waals surface area contributed by atoms with Crippen molar-refractivity contribution in [2.75, 3.05) is 0 Å². The van der Waals surface area contributed by atoms with Gasteiger partial charge in [0.15, 0.2) is 0 Å². The lowest BCUT2D eigenvalue weighted by Crippen LogP contribution is -1.84. The molecule has 0 fully saturated rings. The standard InChI is InChI=1S/C9H12O.C7H8O/c1-3-8-5-4-6-9(10)7(8)2;1-6-4-2-3-5-7(6)8/h4-6,10H,3H2,1-2H3;2-5,8H,1H3. The van der Waals surface area contributed by atoms with Crippen LogP contribution in [0, 0.1) is 13.8 Å². The van der Waals surface area contributed by atoms with Gasteiger partial charge in [0.2, 0.25) is 0 Å². The molecule has 0 amide bonds. The quantitative estimate of drug-likeness (QED) is 0.797. The van der Waals surface area contributed by atoms with E-state index in [1.54, 1.807) is 12.1 Å². The monoisotopic (exact) mass is 244 g/mol. The molecule has 0 aliphatic rings. The van der Waals surface area contributed by atoms with Gasteiger partial charge in [0.05, 0.1) is 0 Å². The molecule has 2 rings (SSSR count). The average molecular weight is 244 g/mol. The SMILES string of the molecule is CCc1cccc(O)c1C.Cc1ccccc1O. The van der Waals surface area contributed by atoms with Gasteiger partial charge in [0.1, 0.15) is 11.5 Å². The summed E-state index contributed by atoms with van der Waals surface area (Å²) in [5.74, 6) is 0.770. The number of phenols is 2. The average Bonchev–Trinajstić information content (AvgIpc) is 2.37. The molecule has 0 atom stereocenters. The first-order valence-electron chi connectivity index (χ1n) is 6.08. The van der Waals surface area contributed by atoms with Gasteiger partial charge < -0.3 is 10.2 Å². The van der Waals surface area contributed by atoms with Gasteiger partial charge >= 0.3 is 0 Å². The van der Waals surface area contributed by atoms with Crippen molar-refractivity contribution in [3.63, 3.8) is 0 Å². The lowest BCUT2D eigenvalue weighted by Gasteiger charge is -2.02. The summed E-state index contributed by atoms with van der Waals surface area (Å²) in [7, 11) is 0. The van der Waals surface area contributed by atoms with Gasteiger partial charge in [-0.1, -0.05) is 37.3 Å². The molecule has 0 unspecified atom stereocenters. The number of aryl methyl sites for hydroxylation is 2. The van der Waals surface area contributed by atoms with Crippen LogP contribution >= 0.6 is 0 Å². The van der Waals surface area contributed by atoms with E-state index in [0.717, 1.165) is 17.5 Å². The molecule has 0 aromatic heterocycles. The molecular weight excluding hydrogens is 224 g/mol. The number of aromatic hydroxyl groups is 2. The second-order valence-electron chi connectivity index (χ2n) is 4.20. The summed E-state index contributed by atoms with van der Waals surface area (Å²) in [5.41, 5.74) is 3.15. The highest BCUT2D eigenvalue weighted by Gasteiger charge is 1.98. The number of rotatable bonds is 1. The summed E-state index contributed by atoms with van der Waals surface area (Å²) in [6.07, 6.45) is 0.986. The predicted octanol–water partition coefficient (Wildman–Crippen LogP) is 3.96. The maximum Gasteiger partial charge on any atom is 0.118 e. The van der Waals surface area contributed by atoms with Crippen LogP contribution in [0.4, 0.5) is 0 Å². The zero-order chi connectivity index (χ0) is 13.5. The molecule has 0 spiro atoms. The third-order valence-electron chi connectivity index (χ3n) is 2.91. The first-order chi connectivity index (χ1) is 8.56. The molecule has 2 N–H and O–H groups in total. The van der Waals surface area contributed by atoms with Crippen LogP contribution in [-0.4, -0.2) is 10.2 Å². The number of phenolic OH excluding ortho intramolecular Hbond substituents is 2. The first kappa shape index (κ1) is 14.1. The van der Waals surface area contributed by atoms with Crippen molar-refractivity contribution >= 4 is 0 Å². The van der Waals surface area contributed by atoms with E-state index in [-0.39, 0.29) is 0 Å². The minimum absolute atomic E-state index is 0.368. The van der Waals surface area contributed by atoms with Crippen molar-refractivity contribution < 1.29 is 10.2 Å². The first-order valence-corrected chi connectivity index (χ1v) is 6.08. The molecule has 2 heteroatoms. The maximum absolute atomic E-state index is 9.23. The van der Waals surface area contributed by atoms with Crippen LogP contribution in [0.15, 0.2) is 42.5 Å². The van der Waals surface area contributed by atoms with Crippen molar-refractivity contribution in [1.29, 1.82) is 0 Å². The predicted molar refractivity (Wildman–Crippen MR) is 75.1 cm³/mol. The lowest BCUT2D eigenvalue weighted by atomic mass is 10.1. The third kappa shape index (κ3) is 3.81. The van der Waals surface area contributed by atoms with Gasteiger partial charge in [-0.15, -0.1) is 0 Å².